The number of hydrogen-bond donors (Lipinski definition) is 5. The van der Waals surface area contributed by atoms with E-state index >= 15 is 0 Å². The largest absolute Gasteiger partial charge is 0.481 e. The summed E-state index contributed by atoms with van der Waals surface area (Å²) in [6.07, 6.45) is 1.09. The molecule has 1 aliphatic heterocycles. The average molecular weight is 466 g/mol. The van der Waals surface area contributed by atoms with Gasteiger partial charge < -0.3 is 26.0 Å². The minimum atomic E-state index is -1.08. The maximum atomic E-state index is 11.6. The Bertz CT molecular complexity index is 800. The lowest BCUT2D eigenvalue weighted by Crippen LogP contribution is -2.61. The van der Waals surface area contributed by atoms with Crippen molar-refractivity contribution >= 4 is 23.8 Å². The zero-order chi connectivity index (χ0) is 25.1. The fourth-order valence-electron chi connectivity index (χ4n) is 3.34. The van der Waals surface area contributed by atoms with E-state index in [0.717, 1.165) is 5.56 Å². The van der Waals surface area contributed by atoms with E-state index in [2.05, 4.69) is 10.6 Å². The standard InChI is InChI=1S/C12H23N3O3.C11H12O4/c1-11(2,3)18-9(16)8-15-12(10(13)17)4-6-14-7-5-12;12-10(13)7-9(11(14)15)6-8-4-2-1-3-5-8/h14-15H,4-8H2,1-3H3,(H2,13,17);1-5,9H,6-7H2,(H,12,13)(H,14,15)/t;9-/m.1/s1. The van der Waals surface area contributed by atoms with Crippen molar-refractivity contribution in [2.24, 2.45) is 11.7 Å². The Morgan fingerprint density at radius 3 is 2.15 bits per heavy atom. The summed E-state index contributed by atoms with van der Waals surface area (Å²) in [6, 6.07) is 9.01. The fraction of sp³-hybridized carbons (Fsp3) is 0.565. The molecule has 1 saturated heterocycles. The summed E-state index contributed by atoms with van der Waals surface area (Å²) in [4.78, 5) is 44.4. The Hall–Kier alpha value is -2.98. The summed E-state index contributed by atoms with van der Waals surface area (Å²) in [5.74, 6) is -3.79. The van der Waals surface area contributed by atoms with Gasteiger partial charge in [-0.3, -0.25) is 24.5 Å². The molecule has 1 aromatic rings. The van der Waals surface area contributed by atoms with E-state index in [9.17, 15) is 19.2 Å². The number of carbonyl (C=O) groups excluding carboxylic acids is 2. The number of esters is 1. The molecule has 1 amide bonds. The Kier molecular flexibility index (Phi) is 11.0. The average Bonchev–Trinajstić information content (AvgIpc) is 2.72. The van der Waals surface area contributed by atoms with Crippen molar-refractivity contribution in [3.63, 3.8) is 0 Å². The van der Waals surface area contributed by atoms with Crippen molar-refractivity contribution in [3.8, 4) is 0 Å². The van der Waals surface area contributed by atoms with Crippen LogP contribution < -0.4 is 16.4 Å². The summed E-state index contributed by atoms with van der Waals surface area (Å²) >= 11 is 0. The van der Waals surface area contributed by atoms with Crippen LogP contribution in [0.2, 0.25) is 0 Å². The molecule has 1 fully saturated rings. The third-order valence-corrected chi connectivity index (χ3v) is 5.02. The monoisotopic (exact) mass is 465 g/mol. The highest BCUT2D eigenvalue weighted by Gasteiger charge is 2.38. The van der Waals surface area contributed by atoms with E-state index in [1.807, 2.05) is 6.07 Å². The van der Waals surface area contributed by atoms with Crippen molar-refractivity contribution in [3.05, 3.63) is 35.9 Å². The number of aliphatic carboxylic acids is 2. The van der Waals surface area contributed by atoms with Crippen LogP contribution in [0.4, 0.5) is 0 Å². The van der Waals surface area contributed by atoms with Crippen molar-refractivity contribution in [1.82, 2.24) is 10.6 Å². The van der Waals surface area contributed by atoms with Gasteiger partial charge in [0.15, 0.2) is 0 Å². The number of carbonyl (C=O) groups is 4. The molecule has 6 N–H and O–H groups in total. The Morgan fingerprint density at radius 1 is 1.12 bits per heavy atom. The van der Waals surface area contributed by atoms with Crippen LogP contribution in [0.25, 0.3) is 0 Å². The number of hydrogen-bond acceptors (Lipinski definition) is 7. The van der Waals surface area contributed by atoms with E-state index in [1.165, 1.54) is 0 Å². The normalized spacial score (nSPS) is 16.0. The molecule has 1 heterocycles. The molecule has 1 atom stereocenters. The molecule has 0 radical (unpaired) electrons. The number of primary amides is 1. The lowest BCUT2D eigenvalue weighted by atomic mass is 9.87. The fourth-order valence-corrected chi connectivity index (χ4v) is 3.34. The van der Waals surface area contributed by atoms with Crippen LogP contribution in [0.5, 0.6) is 0 Å². The summed E-state index contributed by atoms with van der Waals surface area (Å²) in [7, 11) is 0. The first kappa shape index (κ1) is 28.1. The number of nitrogens with two attached hydrogens (primary N) is 1. The summed E-state index contributed by atoms with van der Waals surface area (Å²) in [5, 5.41) is 23.5. The molecular formula is C23H35N3O7. The van der Waals surface area contributed by atoms with Gasteiger partial charge in [0.05, 0.1) is 18.9 Å². The molecule has 184 valence electrons. The van der Waals surface area contributed by atoms with Crippen molar-refractivity contribution in [2.45, 2.75) is 57.6 Å². The molecule has 33 heavy (non-hydrogen) atoms. The van der Waals surface area contributed by atoms with Gasteiger partial charge in [-0.2, -0.15) is 0 Å². The smallest absolute Gasteiger partial charge is 0.320 e. The van der Waals surface area contributed by atoms with Crippen LogP contribution in [-0.2, 0) is 30.3 Å². The van der Waals surface area contributed by atoms with Gasteiger partial charge in [-0.25, -0.2) is 0 Å². The lowest BCUT2D eigenvalue weighted by molar-refractivity contribution is -0.154. The third kappa shape index (κ3) is 10.9. The van der Waals surface area contributed by atoms with E-state index in [1.54, 1.807) is 45.0 Å². The summed E-state index contributed by atoms with van der Waals surface area (Å²) in [6.45, 7) is 6.84. The van der Waals surface area contributed by atoms with Crippen LogP contribution >= 0.6 is 0 Å². The summed E-state index contributed by atoms with van der Waals surface area (Å²) < 4.78 is 5.18. The molecule has 0 aliphatic carbocycles. The van der Waals surface area contributed by atoms with Gasteiger partial charge in [0.25, 0.3) is 0 Å². The van der Waals surface area contributed by atoms with Gasteiger partial charge in [0, 0.05) is 0 Å². The van der Waals surface area contributed by atoms with Crippen LogP contribution in [0, 0.1) is 5.92 Å². The van der Waals surface area contributed by atoms with Gasteiger partial charge >= 0.3 is 17.9 Å². The molecular weight excluding hydrogens is 430 g/mol. The minimum Gasteiger partial charge on any atom is -0.481 e. The lowest BCUT2D eigenvalue weighted by Gasteiger charge is -2.35. The molecule has 1 aromatic carbocycles. The van der Waals surface area contributed by atoms with Crippen molar-refractivity contribution in [2.75, 3.05) is 19.6 Å². The highest BCUT2D eigenvalue weighted by atomic mass is 16.6. The van der Waals surface area contributed by atoms with Crippen molar-refractivity contribution < 1.29 is 34.1 Å². The van der Waals surface area contributed by atoms with Gasteiger partial charge in [-0.05, 0) is 58.7 Å². The quantitative estimate of drug-likeness (QED) is 0.333. The molecule has 0 unspecified atom stereocenters. The van der Waals surface area contributed by atoms with E-state index < -0.39 is 34.9 Å². The second-order valence-electron chi connectivity index (χ2n) is 8.96. The molecule has 0 saturated carbocycles. The predicted molar refractivity (Wildman–Crippen MR) is 121 cm³/mol. The first-order chi connectivity index (χ1) is 15.3. The van der Waals surface area contributed by atoms with Gasteiger partial charge in [-0.1, -0.05) is 30.3 Å². The maximum Gasteiger partial charge on any atom is 0.320 e. The summed E-state index contributed by atoms with van der Waals surface area (Å²) in [5.41, 5.74) is 4.96. The zero-order valence-electron chi connectivity index (χ0n) is 19.4. The molecule has 1 aliphatic rings. The van der Waals surface area contributed by atoms with E-state index in [0.29, 0.717) is 25.9 Å². The number of nitrogens with one attached hydrogen (secondary N) is 2. The van der Waals surface area contributed by atoms with Gasteiger partial charge in [0.1, 0.15) is 11.1 Å². The van der Waals surface area contributed by atoms with Crippen LogP contribution in [0.15, 0.2) is 30.3 Å². The topological polar surface area (TPSA) is 168 Å². The predicted octanol–water partition coefficient (Wildman–Crippen LogP) is 0.930. The minimum absolute atomic E-state index is 0.000208. The SMILES string of the molecule is CC(C)(C)OC(=O)CNC1(C(N)=O)CCNCC1.O=C(O)C[C@@H](Cc1ccccc1)C(=O)O. The Morgan fingerprint density at radius 2 is 1.70 bits per heavy atom. The maximum absolute atomic E-state index is 11.6. The van der Waals surface area contributed by atoms with E-state index in [4.69, 9.17) is 20.7 Å². The zero-order valence-corrected chi connectivity index (χ0v) is 19.4. The molecule has 0 aromatic heterocycles. The van der Waals surface area contributed by atoms with Gasteiger partial charge in [0.2, 0.25) is 5.91 Å². The molecule has 0 bridgehead atoms. The molecule has 10 heteroatoms. The van der Waals surface area contributed by atoms with Crippen molar-refractivity contribution in [1.29, 1.82) is 0 Å². The number of ether oxygens (including phenoxy) is 1. The second-order valence-corrected chi connectivity index (χ2v) is 8.96. The second kappa shape index (κ2) is 12.9. The van der Waals surface area contributed by atoms with Gasteiger partial charge in [-0.15, -0.1) is 0 Å². The Balaban J connectivity index is 0.000000335. The third-order valence-electron chi connectivity index (χ3n) is 5.02. The number of benzene rings is 1. The highest BCUT2D eigenvalue weighted by Crippen LogP contribution is 2.18. The van der Waals surface area contributed by atoms with Crippen LogP contribution in [0.1, 0.15) is 45.6 Å². The number of piperidine rings is 1. The molecule has 0 spiro atoms. The number of carboxylic acid groups (broad SMARTS) is 2. The number of carboxylic acids is 2. The van der Waals surface area contributed by atoms with Crippen LogP contribution in [-0.4, -0.2) is 64.8 Å². The number of rotatable bonds is 9. The highest BCUT2D eigenvalue weighted by molar-refractivity contribution is 5.85. The van der Waals surface area contributed by atoms with Crippen LogP contribution in [0.3, 0.4) is 0 Å². The molecule has 10 nitrogen and oxygen atoms in total. The molecule has 2 rings (SSSR count). The first-order valence-electron chi connectivity index (χ1n) is 10.8. The first-order valence-corrected chi connectivity index (χ1v) is 10.8. The number of amides is 1. The van der Waals surface area contributed by atoms with E-state index in [-0.39, 0.29) is 25.4 Å². The Labute approximate surface area is 193 Å².